The van der Waals surface area contributed by atoms with Crippen molar-refractivity contribution in [2.75, 3.05) is 5.75 Å². The van der Waals surface area contributed by atoms with Crippen molar-refractivity contribution >= 4 is 56.5 Å². The van der Waals surface area contributed by atoms with Crippen LogP contribution in [0.2, 0.25) is 0 Å². The Bertz CT molecular complexity index is 677. The van der Waals surface area contributed by atoms with Crippen LogP contribution in [0.1, 0.15) is 12.8 Å². The lowest BCUT2D eigenvalue weighted by atomic mass is 10.4. The molecule has 3 rings (SSSR count). The summed E-state index contributed by atoms with van der Waals surface area (Å²) in [6, 6.07) is 1.44. The lowest BCUT2D eigenvalue weighted by Gasteiger charge is -1.99. The Morgan fingerprint density at radius 3 is 2.90 bits per heavy atom. The molecule has 1 aliphatic carbocycles. The fourth-order valence-electron chi connectivity index (χ4n) is 1.48. The molecule has 10 heteroatoms. The molecule has 2 aromatic heterocycles. The van der Waals surface area contributed by atoms with Gasteiger partial charge in [0.1, 0.15) is 0 Å². The largest absolute Gasteiger partial charge is 0.302 e. The van der Waals surface area contributed by atoms with Crippen molar-refractivity contribution < 1.29 is 4.92 Å². The average molecular weight is 405 g/mol. The molecule has 0 saturated heterocycles. The fraction of sp³-hybridized carbons (Fsp3) is 0.364. The molecule has 2 aromatic rings. The van der Waals surface area contributed by atoms with Gasteiger partial charge in [0.2, 0.25) is 0 Å². The van der Waals surface area contributed by atoms with Crippen LogP contribution in [-0.2, 0) is 0 Å². The molecule has 6 nitrogen and oxygen atoms in total. The summed E-state index contributed by atoms with van der Waals surface area (Å²) in [6.07, 6.45) is 4.16. The third kappa shape index (κ3) is 4.15. The first-order valence-electron chi connectivity index (χ1n) is 6.06. The topological polar surface area (TPSA) is 81.8 Å². The highest BCUT2D eigenvalue weighted by atomic mass is 79.9. The smallest absolute Gasteiger partial charge is 0.258 e. The molecule has 0 bridgehead atoms. The lowest BCUT2D eigenvalue weighted by Crippen LogP contribution is -1.93. The van der Waals surface area contributed by atoms with Gasteiger partial charge in [0, 0.05) is 22.5 Å². The minimum absolute atomic E-state index is 0.0308. The molecular weight excluding hydrogens is 396 g/mol. The summed E-state index contributed by atoms with van der Waals surface area (Å²) < 4.78 is 2.16. The van der Waals surface area contributed by atoms with E-state index in [4.69, 9.17) is 0 Å². The number of thioether (sulfide) groups is 1. The molecular formula is C11H9BrN4O2S3. The van der Waals surface area contributed by atoms with Crippen molar-refractivity contribution in [2.45, 2.75) is 26.5 Å². The molecule has 0 aliphatic heterocycles. The Labute approximate surface area is 141 Å². The SMILES string of the molecule is O=[N+]([O-])c1cc(Br)cnc1Sc1nnc(SCC2CC2)s1. The lowest BCUT2D eigenvalue weighted by molar-refractivity contribution is -0.388. The summed E-state index contributed by atoms with van der Waals surface area (Å²) in [4.78, 5) is 14.7. The Kier molecular flexibility index (Phi) is 4.77. The molecule has 0 amide bonds. The highest BCUT2D eigenvalue weighted by molar-refractivity contribution is 9.10. The van der Waals surface area contributed by atoms with Gasteiger partial charge in [0.25, 0.3) is 0 Å². The first-order chi connectivity index (χ1) is 10.1. The Balaban J connectivity index is 1.72. The van der Waals surface area contributed by atoms with Gasteiger partial charge >= 0.3 is 5.69 Å². The summed E-state index contributed by atoms with van der Waals surface area (Å²) in [5, 5.41) is 19.6. The highest BCUT2D eigenvalue weighted by Gasteiger charge is 2.23. The van der Waals surface area contributed by atoms with E-state index >= 15 is 0 Å². The third-order valence-corrected chi connectivity index (χ3v) is 6.49. The summed E-state index contributed by atoms with van der Waals surface area (Å²) in [6.45, 7) is 0. The summed E-state index contributed by atoms with van der Waals surface area (Å²) >= 11 is 7.53. The maximum Gasteiger partial charge on any atom is 0.302 e. The zero-order valence-electron chi connectivity index (χ0n) is 10.6. The second kappa shape index (κ2) is 6.59. The zero-order valence-corrected chi connectivity index (χ0v) is 14.6. The van der Waals surface area contributed by atoms with Gasteiger partial charge in [-0.3, -0.25) is 10.1 Å². The van der Waals surface area contributed by atoms with Crippen molar-refractivity contribution in [1.29, 1.82) is 0 Å². The van der Waals surface area contributed by atoms with E-state index in [-0.39, 0.29) is 5.69 Å². The molecule has 0 radical (unpaired) electrons. The van der Waals surface area contributed by atoms with Gasteiger partial charge < -0.3 is 0 Å². The minimum atomic E-state index is -0.441. The predicted molar refractivity (Wildman–Crippen MR) is 86.1 cm³/mol. The van der Waals surface area contributed by atoms with Gasteiger partial charge in [-0.1, -0.05) is 23.1 Å². The minimum Gasteiger partial charge on any atom is -0.258 e. The van der Waals surface area contributed by atoms with Gasteiger partial charge in [-0.2, -0.15) is 0 Å². The van der Waals surface area contributed by atoms with E-state index in [0.29, 0.717) is 13.8 Å². The van der Waals surface area contributed by atoms with Crippen LogP contribution in [0.25, 0.3) is 0 Å². The number of aromatic nitrogens is 3. The van der Waals surface area contributed by atoms with E-state index in [0.717, 1.165) is 16.0 Å². The molecule has 2 heterocycles. The summed E-state index contributed by atoms with van der Waals surface area (Å²) in [5.41, 5.74) is -0.0308. The molecule has 1 saturated carbocycles. The molecule has 110 valence electrons. The van der Waals surface area contributed by atoms with Gasteiger partial charge in [-0.25, -0.2) is 4.98 Å². The van der Waals surface area contributed by atoms with E-state index in [1.54, 1.807) is 18.0 Å². The molecule has 1 aliphatic rings. The van der Waals surface area contributed by atoms with Crippen molar-refractivity contribution in [1.82, 2.24) is 15.2 Å². The highest BCUT2D eigenvalue weighted by Crippen LogP contribution is 2.39. The number of rotatable bonds is 6. The second-order valence-corrected chi connectivity index (χ2v) is 8.82. The number of pyridine rings is 1. The number of nitrogens with zero attached hydrogens (tertiary/aromatic N) is 4. The van der Waals surface area contributed by atoms with Crippen LogP contribution < -0.4 is 0 Å². The van der Waals surface area contributed by atoms with E-state index in [1.165, 1.54) is 42.0 Å². The van der Waals surface area contributed by atoms with E-state index in [1.807, 2.05) is 0 Å². The van der Waals surface area contributed by atoms with Crippen molar-refractivity contribution in [3.05, 3.63) is 26.9 Å². The van der Waals surface area contributed by atoms with Crippen molar-refractivity contribution in [3.8, 4) is 0 Å². The number of hydrogen-bond donors (Lipinski definition) is 0. The van der Waals surface area contributed by atoms with Crippen LogP contribution in [0.15, 0.2) is 30.4 Å². The standard InChI is InChI=1S/C11H9BrN4O2S3/c12-7-3-8(16(17)18)9(13-4-7)20-11-15-14-10(21-11)19-5-6-1-2-6/h3-4,6H,1-2,5H2. The molecule has 0 unspecified atom stereocenters. The van der Waals surface area contributed by atoms with E-state index in [9.17, 15) is 10.1 Å². The molecule has 0 atom stereocenters. The Morgan fingerprint density at radius 1 is 1.43 bits per heavy atom. The molecule has 0 spiro atoms. The monoisotopic (exact) mass is 404 g/mol. The first kappa shape index (κ1) is 15.2. The summed E-state index contributed by atoms with van der Waals surface area (Å²) in [5.74, 6) is 1.90. The van der Waals surface area contributed by atoms with Gasteiger partial charge in [0.15, 0.2) is 13.7 Å². The van der Waals surface area contributed by atoms with Crippen molar-refractivity contribution in [2.24, 2.45) is 5.92 Å². The van der Waals surface area contributed by atoms with E-state index in [2.05, 4.69) is 31.1 Å². The van der Waals surface area contributed by atoms with Crippen molar-refractivity contribution in [3.63, 3.8) is 0 Å². The third-order valence-electron chi connectivity index (χ3n) is 2.71. The summed E-state index contributed by atoms with van der Waals surface area (Å²) in [7, 11) is 0. The number of hydrogen-bond acceptors (Lipinski definition) is 8. The quantitative estimate of drug-likeness (QED) is 0.404. The van der Waals surface area contributed by atoms with Crippen LogP contribution >= 0.6 is 50.8 Å². The normalized spacial score (nSPS) is 14.3. The van der Waals surface area contributed by atoms with Crippen LogP contribution in [0, 0.1) is 16.0 Å². The number of halogens is 1. The van der Waals surface area contributed by atoms with Gasteiger partial charge in [-0.05, 0) is 46.5 Å². The molecule has 0 aromatic carbocycles. The Hall–Kier alpha value is -0.710. The first-order valence-corrected chi connectivity index (χ1v) is 9.47. The maximum atomic E-state index is 11.0. The van der Waals surface area contributed by atoms with Gasteiger partial charge in [0.05, 0.1) is 4.92 Å². The molecule has 1 fully saturated rings. The van der Waals surface area contributed by atoms with Crippen LogP contribution in [0.4, 0.5) is 5.69 Å². The van der Waals surface area contributed by atoms with Crippen LogP contribution in [-0.4, -0.2) is 25.9 Å². The second-order valence-electron chi connectivity index (χ2n) is 4.43. The maximum absolute atomic E-state index is 11.0. The van der Waals surface area contributed by atoms with E-state index < -0.39 is 4.92 Å². The van der Waals surface area contributed by atoms with Crippen LogP contribution in [0.5, 0.6) is 0 Å². The zero-order chi connectivity index (χ0) is 14.8. The predicted octanol–water partition coefficient (Wildman–Crippen LogP) is 4.26. The fourth-order valence-corrected chi connectivity index (χ4v) is 4.99. The molecule has 21 heavy (non-hydrogen) atoms. The Morgan fingerprint density at radius 2 is 2.19 bits per heavy atom. The van der Waals surface area contributed by atoms with Crippen LogP contribution in [0.3, 0.4) is 0 Å². The van der Waals surface area contributed by atoms with Gasteiger partial charge in [-0.15, -0.1) is 10.2 Å². The molecule has 0 N–H and O–H groups in total. The average Bonchev–Trinajstić information content (AvgIpc) is 3.18. The number of nitro groups is 1.